The van der Waals surface area contributed by atoms with Crippen LogP contribution < -0.4 is 10.6 Å². The Kier molecular flexibility index (Phi) is 6.37. The summed E-state index contributed by atoms with van der Waals surface area (Å²) < 4.78 is 1.69. The van der Waals surface area contributed by atoms with Gasteiger partial charge in [-0.1, -0.05) is 38.1 Å². The van der Waals surface area contributed by atoms with Crippen molar-refractivity contribution in [1.29, 1.82) is 0 Å². The summed E-state index contributed by atoms with van der Waals surface area (Å²) in [5, 5.41) is 10.1. The molecule has 7 heteroatoms. The predicted octanol–water partition coefficient (Wildman–Crippen LogP) is 3.51. The quantitative estimate of drug-likeness (QED) is 0.659. The highest BCUT2D eigenvalue weighted by Gasteiger charge is 2.22. The number of urea groups is 1. The molecule has 3 aromatic rings. The zero-order valence-electron chi connectivity index (χ0n) is 16.5. The molecule has 0 saturated carbocycles. The van der Waals surface area contributed by atoms with Crippen LogP contribution in [0.5, 0.6) is 0 Å². The molecule has 2 aromatic heterocycles. The zero-order valence-corrected chi connectivity index (χ0v) is 16.5. The van der Waals surface area contributed by atoms with Crippen LogP contribution in [0.15, 0.2) is 55.0 Å². The lowest BCUT2D eigenvalue weighted by Crippen LogP contribution is -2.36. The molecule has 0 bridgehead atoms. The van der Waals surface area contributed by atoms with Crippen molar-refractivity contribution in [3.05, 3.63) is 72.1 Å². The molecule has 0 spiro atoms. The lowest BCUT2D eigenvalue weighted by Gasteiger charge is -2.22. The van der Waals surface area contributed by atoms with Gasteiger partial charge < -0.3 is 10.6 Å². The lowest BCUT2D eigenvalue weighted by molar-refractivity contribution is 0.243. The molecule has 3 rings (SSSR count). The van der Waals surface area contributed by atoms with Gasteiger partial charge in [-0.2, -0.15) is 5.10 Å². The normalized spacial score (nSPS) is 12.0. The lowest BCUT2D eigenvalue weighted by atomic mass is 10.0. The van der Waals surface area contributed by atoms with Crippen LogP contribution in [0.3, 0.4) is 0 Å². The summed E-state index contributed by atoms with van der Waals surface area (Å²) in [6, 6.07) is 13.3. The third-order valence-electron chi connectivity index (χ3n) is 4.62. The van der Waals surface area contributed by atoms with Crippen LogP contribution in [-0.4, -0.2) is 25.8 Å². The molecule has 0 unspecified atom stereocenters. The van der Waals surface area contributed by atoms with Gasteiger partial charge in [-0.3, -0.25) is 9.67 Å². The number of hydrogen-bond donors (Lipinski definition) is 2. The van der Waals surface area contributed by atoms with Crippen LogP contribution in [0.1, 0.15) is 37.0 Å². The summed E-state index contributed by atoms with van der Waals surface area (Å²) in [6.07, 6.45) is 4.90. The number of benzene rings is 1. The summed E-state index contributed by atoms with van der Waals surface area (Å²) in [6.45, 7) is 4.08. The summed E-state index contributed by atoms with van der Waals surface area (Å²) in [5.74, 6) is 0.904. The van der Waals surface area contributed by atoms with E-state index >= 15 is 0 Å². The van der Waals surface area contributed by atoms with E-state index in [-0.39, 0.29) is 18.0 Å². The fourth-order valence-corrected chi connectivity index (χ4v) is 3.08. The van der Waals surface area contributed by atoms with Gasteiger partial charge in [0.1, 0.15) is 12.2 Å². The van der Waals surface area contributed by atoms with E-state index in [2.05, 4.69) is 25.7 Å². The highest BCUT2D eigenvalue weighted by molar-refractivity contribution is 5.90. The summed E-state index contributed by atoms with van der Waals surface area (Å²) in [4.78, 5) is 21.3. The van der Waals surface area contributed by atoms with E-state index in [1.54, 1.807) is 10.9 Å². The molecular weight excluding hydrogens is 352 g/mol. The third kappa shape index (κ3) is 4.94. The largest absolute Gasteiger partial charge is 0.328 e. The fourth-order valence-electron chi connectivity index (χ4n) is 3.08. The predicted molar refractivity (Wildman–Crippen MR) is 109 cm³/mol. The summed E-state index contributed by atoms with van der Waals surface area (Å²) in [5.41, 5.74) is 2.91. The van der Waals surface area contributed by atoms with E-state index in [4.69, 9.17) is 0 Å². The Morgan fingerprint density at radius 2 is 1.86 bits per heavy atom. The van der Waals surface area contributed by atoms with E-state index in [1.165, 1.54) is 6.33 Å². The summed E-state index contributed by atoms with van der Waals surface area (Å²) >= 11 is 0. The Morgan fingerprint density at radius 3 is 2.54 bits per heavy atom. The number of para-hydroxylation sites is 1. The highest BCUT2D eigenvalue weighted by Crippen LogP contribution is 2.21. The molecule has 0 radical (unpaired) electrons. The molecule has 0 saturated heterocycles. The molecule has 7 nitrogen and oxygen atoms in total. The maximum atomic E-state index is 12.7. The molecule has 2 N–H and O–H groups in total. The highest BCUT2D eigenvalue weighted by atomic mass is 16.2. The topological polar surface area (TPSA) is 84.7 Å². The fraction of sp³-hybridized carbons (Fsp3) is 0.333. The monoisotopic (exact) mass is 378 g/mol. The Bertz CT molecular complexity index is 906. The first-order valence-electron chi connectivity index (χ1n) is 9.44. The number of rotatable bonds is 7. The molecule has 2 heterocycles. The molecular formula is C21H26N6O. The molecule has 146 valence electrons. The minimum atomic E-state index is -0.257. The van der Waals surface area contributed by atoms with Crippen molar-refractivity contribution in [2.45, 2.75) is 32.7 Å². The molecule has 1 aromatic carbocycles. The number of nitrogens with zero attached hydrogens (tertiary/aromatic N) is 4. The molecule has 0 aliphatic carbocycles. The molecule has 0 aliphatic heterocycles. The van der Waals surface area contributed by atoms with Crippen LogP contribution in [-0.2, 0) is 19.9 Å². The van der Waals surface area contributed by atoms with Gasteiger partial charge in [0, 0.05) is 24.6 Å². The van der Waals surface area contributed by atoms with Crippen molar-refractivity contribution in [2.75, 3.05) is 5.32 Å². The van der Waals surface area contributed by atoms with Gasteiger partial charge in [-0.15, -0.1) is 0 Å². The van der Waals surface area contributed by atoms with Gasteiger partial charge in [0.15, 0.2) is 0 Å². The second-order valence-electron chi connectivity index (χ2n) is 7.04. The average Bonchev–Trinajstić information content (AvgIpc) is 3.11. The van der Waals surface area contributed by atoms with Crippen molar-refractivity contribution >= 4 is 11.7 Å². The first-order valence-corrected chi connectivity index (χ1v) is 9.44. The van der Waals surface area contributed by atoms with Gasteiger partial charge >= 0.3 is 6.03 Å². The molecule has 2 amide bonds. The molecule has 1 atom stereocenters. The molecule has 0 fully saturated rings. The van der Waals surface area contributed by atoms with Crippen LogP contribution in [0, 0.1) is 5.92 Å². The maximum Gasteiger partial charge on any atom is 0.319 e. The van der Waals surface area contributed by atoms with Crippen molar-refractivity contribution in [1.82, 2.24) is 25.1 Å². The van der Waals surface area contributed by atoms with Crippen molar-refractivity contribution in [3.63, 3.8) is 0 Å². The van der Waals surface area contributed by atoms with Gasteiger partial charge in [-0.05, 0) is 42.5 Å². The average molecular weight is 378 g/mol. The minimum Gasteiger partial charge on any atom is -0.328 e. The van der Waals surface area contributed by atoms with Gasteiger partial charge in [0.2, 0.25) is 0 Å². The number of nitrogens with one attached hydrogen (secondary N) is 2. The number of pyridine rings is 1. The number of anilines is 1. The third-order valence-corrected chi connectivity index (χ3v) is 4.62. The number of aryl methyl sites for hydroxylation is 3. The van der Waals surface area contributed by atoms with Crippen LogP contribution in [0.4, 0.5) is 10.5 Å². The first-order chi connectivity index (χ1) is 13.5. The van der Waals surface area contributed by atoms with E-state index in [0.29, 0.717) is 0 Å². The van der Waals surface area contributed by atoms with E-state index in [1.807, 2.05) is 63.4 Å². The molecule has 0 aliphatic rings. The van der Waals surface area contributed by atoms with Crippen molar-refractivity contribution < 1.29 is 4.79 Å². The Morgan fingerprint density at radius 1 is 1.07 bits per heavy atom. The standard InChI is InChI=1S/C21H26N6O/c1-15(2)19(20-23-14-24-27(20)3)26-21(28)25-18-10-5-4-8-16(18)11-12-17-9-6-7-13-22-17/h4-10,13-15,19H,11-12H2,1-3H3,(H2,25,26,28)/t19-/m1/s1. The number of aromatic nitrogens is 4. The van der Waals surface area contributed by atoms with E-state index in [9.17, 15) is 4.79 Å². The number of carbonyl (C=O) groups is 1. The Balaban J connectivity index is 1.67. The Labute approximate surface area is 165 Å². The van der Waals surface area contributed by atoms with E-state index < -0.39 is 0 Å². The zero-order chi connectivity index (χ0) is 19.9. The minimum absolute atomic E-state index is 0.174. The van der Waals surface area contributed by atoms with Crippen LogP contribution >= 0.6 is 0 Å². The van der Waals surface area contributed by atoms with Gasteiger partial charge in [0.25, 0.3) is 0 Å². The van der Waals surface area contributed by atoms with Gasteiger partial charge in [-0.25, -0.2) is 9.78 Å². The second-order valence-corrected chi connectivity index (χ2v) is 7.04. The van der Waals surface area contributed by atoms with Gasteiger partial charge in [0.05, 0.1) is 6.04 Å². The first kappa shape index (κ1) is 19.5. The smallest absolute Gasteiger partial charge is 0.319 e. The second kappa shape index (κ2) is 9.12. The van der Waals surface area contributed by atoms with Crippen LogP contribution in [0.25, 0.3) is 0 Å². The number of carbonyl (C=O) groups excluding carboxylic acids is 1. The molecule has 28 heavy (non-hydrogen) atoms. The van der Waals surface area contributed by atoms with Crippen LogP contribution in [0.2, 0.25) is 0 Å². The maximum absolute atomic E-state index is 12.7. The van der Waals surface area contributed by atoms with E-state index in [0.717, 1.165) is 35.6 Å². The number of hydrogen-bond acceptors (Lipinski definition) is 4. The Hall–Kier alpha value is -3.22. The van der Waals surface area contributed by atoms with Crippen molar-refractivity contribution in [2.24, 2.45) is 13.0 Å². The SMILES string of the molecule is CC(C)[C@@H](NC(=O)Nc1ccccc1CCc1ccccn1)c1ncnn1C. The number of amides is 2. The summed E-state index contributed by atoms with van der Waals surface area (Å²) in [7, 11) is 1.82. The van der Waals surface area contributed by atoms with Crippen molar-refractivity contribution in [3.8, 4) is 0 Å².